The van der Waals surface area contributed by atoms with E-state index in [4.69, 9.17) is 9.15 Å². The summed E-state index contributed by atoms with van der Waals surface area (Å²) in [6, 6.07) is 21.1. The van der Waals surface area contributed by atoms with Crippen molar-refractivity contribution in [3.05, 3.63) is 78.6 Å². The van der Waals surface area contributed by atoms with Crippen LogP contribution in [0.1, 0.15) is 5.56 Å². The average Bonchev–Trinajstić information content (AvgIpc) is 2.99. The Morgan fingerprint density at radius 2 is 1.70 bits per heavy atom. The van der Waals surface area contributed by atoms with Crippen LogP contribution in [0.2, 0.25) is 0 Å². The lowest BCUT2D eigenvalue weighted by molar-refractivity contribution is -0.133. The van der Waals surface area contributed by atoms with Crippen molar-refractivity contribution in [3.63, 3.8) is 0 Å². The summed E-state index contributed by atoms with van der Waals surface area (Å²) in [5.74, 6) is 0.252. The molecule has 0 amide bonds. The summed E-state index contributed by atoms with van der Waals surface area (Å²) in [7, 11) is 0. The smallest absolute Gasteiger partial charge is 0.315 e. The topological polar surface area (TPSA) is 39.4 Å². The van der Waals surface area contributed by atoms with Gasteiger partial charge in [0.1, 0.15) is 11.3 Å². The highest BCUT2D eigenvalue weighted by Gasteiger charge is 2.14. The molecule has 0 radical (unpaired) electrons. The van der Waals surface area contributed by atoms with Crippen LogP contribution in [0.5, 0.6) is 5.75 Å². The maximum atomic E-state index is 12.2. The van der Waals surface area contributed by atoms with E-state index < -0.39 is 0 Å². The standard InChI is InChI=1S/C20H14O3/c21-19(23-16-7-2-1-3-8-16)12-15-13-22-18-11-10-14-6-4-5-9-17(14)20(15)18/h1-11,13H,12H2. The zero-order valence-corrected chi connectivity index (χ0v) is 12.4. The zero-order chi connectivity index (χ0) is 15.6. The summed E-state index contributed by atoms with van der Waals surface area (Å²) in [6.07, 6.45) is 1.82. The van der Waals surface area contributed by atoms with Gasteiger partial charge in [0.25, 0.3) is 0 Å². The minimum absolute atomic E-state index is 0.176. The number of hydrogen-bond donors (Lipinski definition) is 0. The van der Waals surface area contributed by atoms with Crippen LogP contribution < -0.4 is 4.74 Å². The van der Waals surface area contributed by atoms with E-state index in [2.05, 4.69) is 0 Å². The van der Waals surface area contributed by atoms with Crippen LogP contribution in [0, 0.1) is 0 Å². The Morgan fingerprint density at radius 3 is 2.57 bits per heavy atom. The van der Waals surface area contributed by atoms with E-state index in [0.29, 0.717) is 5.75 Å². The van der Waals surface area contributed by atoms with Crippen LogP contribution in [0.25, 0.3) is 21.7 Å². The molecular weight excluding hydrogens is 288 g/mol. The van der Waals surface area contributed by atoms with Crippen molar-refractivity contribution >= 4 is 27.7 Å². The van der Waals surface area contributed by atoms with E-state index in [-0.39, 0.29) is 12.4 Å². The molecule has 0 atom stereocenters. The number of benzene rings is 3. The van der Waals surface area contributed by atoms with Gasteiger partial charge in [-0.15, -0.1) is 0 Å². The molecule has 3 aromatic carbocycles. The number of para-hydroxylation sites is 1. The van der Waals surface area contributed by atoms with Crippen LogP contribution in [-0.2, 0) is 11.2 Å². The van der Waals surface area contributed by atoms with Gasteiger partial charge in [-0.1, -0.05) is 48.5 Å². The Bertz CT molecular complexity index is 984. The molecule has 0 saturated heterocycles. The third-order valence-corrected chi connectivity index (χ3v) is 3.85. The fraction of sp³-hybridized carbons (Fsp3) is 0.0500. The highest BCUT2D eigenvalue weighted by atomic mass is 16.5. The van der Waals surface area contributed by atoms with Gasteiger partial charge in [-0.3, -0.25) is 4.79 Å². The SMILES string of the molecule is O=C(Cc1coc2ccc3ccccc3c12)Oc1ccccc1. The minimum atomic E-state index is -0.299. The maximum absolute atomic E-state index is 12.2. The molecule has 0 aliphatic carbocycles. The van der Waals surface area contributed by atoms with Crippen molar-refractivity contribution in [2.45, 2.75) is 6.42 Å². The van der Waals surface area contributed by atoms with E-state index >= 15 is 0 Å². The highest BCUT2D eigenvalue weighted by molar-refractivity contribution is 6.08. The van der Waals surface area contributed by atoms with Crippen LogP contribution >= 0.6 is 0 Å². The van der Waals surface area contributed by atoms with Gasteiger partial charge in [0, 0.05) is 10.9 Å². The Kier molecular flexibility index (Phi) is 3.31. The molecule has 0 unspecified atom stereocenters. The number of hydrogen-bond acceptors (Lipinski definition) is 3. The van der Waals surface area contributed by atoms with Crippen molar-refractivity contribution in [1.29, 1.82) is 0 Å². The maximum Gasteiger partial charge on any atom is 0.315 e. The van der Waals surface area contributed by atoms with Crippen molar-refractivity contribution in [2.24, 2.45) is 0 Å². The van der Waals surface area contributed by atoms with Gasteiger partial charge < -0.3 is 9.15 Å². The Balaban J connectivity index is 1.69. The molecule has 4 rings (SSSR count). The van der Waals surface area contributed by atoms with E-state index in [0.717, 1.165) is 27.3 Å². The molecule has 23 heavy (non-hydrogen) atoms. The quantitative estimate of drug-likeness (QED) is 0.405. The number of esters is 1. The predicted octanol–water partition coefficient (Wildman–Crippen LogP) is 4.73. The summed E-state index contributed by atoms with van der Waals surface area (Å²) < 4.78 is 11.0. The molecule has 1 heterocycles. The van der Waals surface area contributed by atoms with Crippen molar-refractivity contribution in [2.75, 3.05) is 0 Å². The minimum Gasteiger partial charge on any atom is -0.464 e. The van der Waals surface area contributed by atoms with E-state index in [1.54, 1.807) is 18.4 Å². The summed E-state index contributed by atoms with van der Waals surface area (Å²) in [6.45, 7) is 0. The third kappa shape index (κ3) is 2.57. The van der Waals surface area contributed by atoms with Crippen molar-refractivity contribution < 1.29 is 13.9 Å². The first kappa shape index (κ1) is 13.6. The largest absolute Gasteiger partial charge is 0.464 e. The normalized spacial score (nSPS) is 11.0. The van der Waals surface area contributed by atoms with E-state index in [1.165, 1.54) is 0 Å². The molecule has 0 saturated carbocycles. The summed E-state index contributed by atoms with van der Waals surface area (Å²) >= 11 is 0. The van der Waals surface area contributed by atoms with Gasteiger partial charge >= 0.3 is 5.97 Å². The molecular formula is C20H14O3. The fourth-order valence-electron chi connectivity index (χ4n) is 2.82. The Hall–Kier alpha value is -3.07. The number of carbonyl (C=O) groups is 1. The van der Waals surface area contributed by atoms with Gasteiger partial charge in [0.05, 0.1) is 12.7 Å². The lowest BCUT2D eigenvalue weighted by Crippen LogP contribution is -2.10. The van der Waals surface area contributed by atoms with Crippen LogP contribution in [-0.4, -0.2) is 5.97 Å². The third-order valence-electron chi connectivity index (χ3n) is 3.85. The molecule has 0 aliphatic rings. The predicted molar refractivity (Wildman–Crippen MR) is 89.5 cm³/mol. The van der Waals surface area contributed by atoms with Crippen molar-refractivity contribution in [1.82, 2.24) is 0 Å². The van der Waals surface area contributed by atoms with Crippen LogP contribution in [0.15, 0.2) is 77.4 Å². The first-order valence-electron chi connectivity index (χ1n) is 7.45. The molecule has 3 heteroatoms. The highest BCUT2D eigenvalue weighted by Crippen LogP contribution is 2.30. The second-order valence-electron chi connectivity index (χ2n) is 5.38. The molecule has 4 aromatic rings. The van der Waals surface area contributed by atoms with E-state index in [9.17, 15) is 4.79 Å². The molecule has 0 N–H and O–H groups in total. The van der Waals surface area contributed by atoms with Crippen molar-refractivity contribution in [3.8, 4) is 5.75 Å². The van der Waals surface area contributed by atoms with E-state index in [1.807, 2.05) is 54.6 Å². The number of fused-ring (bicyclic) bond motifs is 3. The van der Waals surface area contributed by atoms with Gasteiger partial charge in [-0.05, 0) is 29.0 Å². The molecule has 3 nitrogen and oxygen atoms in total. The first-order valence-corrected chi connectivity index (χ1v) is 7.45. The monoisotopic (exact) mass is 302 g/mol. The second kappa shape index (κ2) is 5.61. The Morgan fingerprint density at radius 1 is 0.913 bits per heavy atom. The van der Waals surface area contributed by atoms with Crippen LogP contribution in [0.4, 0.5) is 0 Å². The summed E-state index contributed by atoms with van der Waals surface area (Å²) in [4.78, 5) is 12.2. The lowest BCUT2D eigenvalue weighted by atomic mass is 10.0. The van der Waals surface area contributed by atoms with Gasteiger partial charge in [-0.25, -0.2) is 0 Å². The summed E-state index contributed by atoms with van der Waals surface area (Å²) in [5, 5.41) is 3.19. The molecule has 0 aliphatic heterocycles. The Labute approximate surface area is 133 Å². The summed E-state index contributed by atoms with van der Waals surface area (Å²) in [5.41, 5.74) is 1.63. The van der Waals surface area contributed by atoms with Gasteiger partial charge in [0.15, 0.2) is 0 Å². The number of carbonyl (C=O) groups excluding carboxylic acids is 1. The lowest BCUT2D eigenvalue weighted by Gasteiger charge is -2.04. The number of rotatable bonds is 3. The van der Waals surface area contributed by atoms with Crippen LogP contribution in [0.3, 0.4) is 0 Å². The zero-order valence-electron chi connectivity index (χ0n) is 12.4. The number of furan rings is 1. The average molecular weight is 302 g/mol. The van der Waals surface area contributed by atoms with Gasteiger partial charge in [0.2, 0.25) is 0 Å². The number of ether oxygens (including phenoxy) is 1. The first-order chi connectivity index (χ1) is 11.3. The fourth-order valence-corrected chi connectivity index (χ4v) is 2.82. The molecule has 0 bridgehead atoms. The molecule has 0 spiro atoms. The molecule has 1 aromatic heterocycles. The molecule has 112 valence electrons. The molecule has 0 fully saturated rings. The second-order valence-corrected chi connectivity index (χ2v) is 5.38. The van der Waals surface area contributed by atoms with Gasteiger partial charge in [-0.2, -0.15) is 0 Å².